The van der Waals surface area contributed by atoms with Crippen LogP contribution in [0.5, 0.6) is 0 Å². The van der Waals surface area contributed by atoms with Crippen molar-refractivity contribution >= 4 is 23.7 Å². The van der Waals surface area contributed by atoms with E-state index in [1.807, 2.05) is 13.8 Å². The summed E-state index contributed by atoms with van der Waals surface area (Å²) in [5, 5.41) is 8.69. The van der Waals surface area contributed by atoms with Crippen LogP contribution in [0.4, 0.5) is 0 Å². The third kappa shape index (κ3) is 4.22. The van der Waals surface area contributed by atoms with Gasteiger partial charge < -0.3 is 9.84 Å². The van der Waals surface area contributed by atoms with Gasteiger partial charge in [0, 0.05) is 5.75 Å². The van der Waals surface area contributed by atoms with Gasteiger partial charge in [0.1, 0.15) is 5.25 Å². The molecule has 1 atom stereocenters. The van der Waals surface area contributed by atoms with Gasteiger partial charge in [-0.3, -0.25) is 9.59 Å². The van der Waals surface area contributed by atoms with Crippen LogP contribution in [0.15, 0.2) is 0 Å². The van der Waals surface area contributed by atoms with Gasteiger partial charge in [0.25, 0.3) is 0 Å². The first kappa shape index (κ1) is 14.4. The lowest BCUT2D eigenvalue weighted by Gasteiger charge is -2.19. The van der Waals surface area contributed by atoms with E-state index in [0.717, 1.165) is 18.6 Å². The summed E-state index contributed by atoms with van der Waals surface area (Å²) in [6.07, 6.45) is 2.42. The van der Waals surface area contributed by atoms with Crippen LogP contribution >= 0.6 is 11.8 Å². The normalized spacial score (nSPS) is 18.8. The van der Waals surface area contributed by atoms with Crippen LogP contribution in [0.2, 0.25) is 0 Å². The second kappa shape index (κ2) is 5.76. The number of thioether (sulfide) groups is 1. The number of carboxylic acid groups (broad SMARTS) is 1. The second-order valence-corrected chi connectivity index (χ2v) is 6.20. The molecule has 0 spiro atoms. The van der Waals surface area contributed by atoms with E-state index in [9.17, 15) is 9.59 Å². The molecule has 0 aliphatic heterocycles. The maximum absolute atomic E-state index is 11.2. The van der Waals surface area contributed by atoms with Crippen molar-refractivity contribution < 1.29 is 19.4 Å². The van der Waals surface area contributed by atoms with Gasteiger partial charge in [0.15, 0.2) is 0 Å². The molecule has 0 aromatic rings. The molecule has 4 nitrogen and oxygen atoms in total. The Morgan fingerprint density at radius 3 is 2.35 bits per heavy atom. The van der Waals surface area contributed by atoms with Crippen molar-refractivity contribution in [1.29, 1.82) is 0 Å². The number of rotatable bonds is 7. The van der Waals surface area contributed by atoms with Crippen molar-refractivity contribution in [2.75, 3.05) is 12.9 Å². The number of methoxy groups -OCH3 is 1. The predicted octanol–water partition coefficient (Wildman–Crippen LogP) is 2.17. The summed E-state index contributed by atoms with van der Waals surface area (Å²) in [7, 11) is 1.39. The number of aliphatic carboxylic acids is 1. The molecule has 5 heteroatoms. The molecule has 0 radical (unpaired) electrons. The number of carbonyl (C=O) groups excluding carboxylic acids is 1. The van der Waals surface area contributed by atoms with E-state index < -0.39 is 5.97 Å². The average molecular weight is 260 g/mol. The first-order valence-electron chi connectivity index (χ1n) is 5.81. The zero-order valence-corrected chi connectivity index (χ0v) is 11.4. The summed E-state index contributed by atoms with van der Waals surface area (Å²) in [5.74, 6) is -0.123. The van der Waals surface area contributed by atoms with Crippen LogP contribution in [0.1, 0.15) is 33.1 Å². The molecule has 0 aromatic heterocycles. The van der Waals surface area contributed by atoms with E-state index in [0.29, 0.717) is 6.42 Å². The molecule has 1 rings (SSSR count). The van der Waals surface area contributed by atoms with Crippen LogP contribution in [-0.4, -0.2) is 35.2 Å². The number of ether oxygens (including phenoxy) is 1. The highest BCUT2D eigenvalue weighted by molar-refractivity contribution is 8.00. The minimum Gasteiger partial charge on any atom is -0.480 e. The summed E-state index contributed by atoms with van der Waals surface area (Å²) in [6.45, 7) is 3.82. The van der Waals surface area contributed by atoms with Gasteiger partial charge in [-0.2, -0.15) is 0 Å². The number of hydrogen-bond donors (Lipinski definition) is 1. The standard InChI is InChI=1S/C12H20O4S/c1-8(2)10(11(14)15)17-7-12(4-5-12)6-9(13)16-3/h8,10H,4-7H2,1-3H3,(H,14,15). The van der Waals surface area contributed by atoms with Crippen molar-refractivity contribution in [2.24, 2.45) is 11.3 Å². The van der Waals surface area contributed by atoms with Gasteiger partial charge in [-0.05, 0) is 24.2 Å². The van der Waals surface area contributed by atoms with Crippen molar-refractivity contribution in [2.45, 2.75) is 38.4 Å². The summed E-state index contributed by atoms with van der Waals surface area (Å²) in [6, 6.07) is 0. The number of carboxylic acids is 1. The second-order valence-electron chi connectivity index (χ2n) is 5.07. The largest absolute Gasteiger partial charge is 0.480 e. The molecule has 1 unspecified atom stereocenters. The van der Waals surface area contributed by atoms with Gasteiger partial charge in [-0.1, -0.05) is 13.8 Å². The molecule has 0 heterocycles. The summed E-state index contributed by atoms with van der Waals surface area (Å²) >= 11 is 1.45. The van der Waals surface area contributed by atoms with E-state index in [4.69, 9.17) is 5.11 Å². The Kier molecular flexibility index (Phi) is 4.86. The van der Waals surface area contributed by atoms with Crippen LogP contribution in [0, 0.1) is 11.3 Å². The van der Waals surface area contributed by atoms with Crippen molar-refractivity contribution in [3.05, 3.63) is 0 Å². The highest BCUT2D eigenvalue weighted by atomic mass is 32.2. The molecular weight excluding hydrogens is 240 g/mol. The average Bonchev–Trinajstić information content (AvgIpc) is 2.97. The van der Waals surface area contributed by atoms with E-state index in [1.165, 1.54) is 18.9 Å². The fourth-order valence-corrected chi connectivity index (χ4v) is 3.19. The third-order valence-corrected chi connectivity index (χ3v) is 5.01. The topological polar surface area (TPSA) is 63.6 Å². The van der Waals surface area contributed by atoms with Crippen LogP contribution < -0.4 is 0 Å². The molecule has 1 N–H and O–H groups in total. The van der Waals surface area contributed by atoms with E-state index in [1.54, 1.807) is 0 Å². The Morgan fingerprint density at radius 1 is 1.41 bits per heavy atom. The van der Waals surface area contributed by atoms with Crippen LogP contribution in [0.3, 0.4) is 0 Å². The number of hydrogen-bond acceptors (Lipinski definition) is 4. The molecular formula is C12H20O4S. The number of carbonyl (C=O) groups is 2. The molecule has 0 bridgehead atoms. The first-order valence-corrected chi connectivity index (χ1v) is 6.86. The predicted molar refractivity (Wildman–Crippen MR) is 67.0 cm³/mol. The molecule has 0 saturated heterocycles. The first-order chi connectivity index (χ1) is 7.90. The number of esters is 1. The summed E-state index contributed by atoms with van der Waals surface area (Å²) in [5.41, 5.74) is 0.000347. The van der Waals surface area contributed by atoms with Gasteiger partial charge in [0.2, 0.25) is 0 Å². The zero-order valence-electron chi connectivity index (χ0n) is 10.6. The summed E-state index contributed by atoms with van der Waals surface area (Å²) in [4.78, 5) is 22.3. The van der Waals surface area contributed by atoms with Crippen molar-refractivity contribution in [3.63, 3.8) is 0 Å². The smallest absolute Gasteiger partial charge is 0.316 e. The third-order valence-electron chi connectivity index (χ3n) is 3.12. The Labute approximate surface area is 106 Å². The maximum atomic E-state index is 11.2. The minimum absolute atomic E-state index is 0.000347. The lowest BCUT2D eigenvalue weighted by molar-refractivity contribution is -0.141. The molecule has 1 saturated carbocycles. The van der Waals surface area contributed by atoms with Gasteiger partial charge in [-0.15, -0.1) is 11.8 Å². The lowest BCUT2D eigenvalue weighted by atomic mass is 10.1. The van der Waals surface area contributed by atoms with Crippen LogP contribution in [-0.2, 0) is 14.3 Å². The van der Waals surface area contributed by atoms with Gasteiger partial charge in [-0.25, -0.2) is 0 Å². The molecule has 1 fully saturated rings. The molecule has 98 valence electrons. The Bertz CT molecular complexity index is 297. The minimum atomic E-state index is -0.765. The lowest BCUT2D eigenvalue weighted by Crippen LogP contribution is -2.25. The SMILES string of the molecule is COC(=O)CC1(CSC(C(=O)O)C(C)C)CC1. The van der Waals surface area contributed by atoms with Gasteiger partial charge >= 0.3 is 11.9 Å². The van der Waals surface area contributed by atoms with Crippen LogP contribution in [0.25, 0.3) is 0 Å². The van der Waals surface area contributed by atoms with E-state index in [-0.39, 0.29) is 22.6 Å². The molecule has 1 aliphatic rings. The van der Waals surface area contributed by atoms with E-state index >= 15 is 0 Å². The fraction of sp³-hybridized carbons (Fsp3) is 0.833. The maximum Gasteiger partial charge on any atom is 0.316 e. The zero-order chi connectivity index (χ0) is 13.1. The Hall–Kier alpha value is -0.710. The fourth-order valence-electron chi connectivity index (χ4n) is 1.74. The summed E-state index contributed by atoms with van der Waals surface area (Å²) < 4.78 is 4.66. The highest BCUT2D eigenvalue weighted by Crippen LogP contribution is 2.52. The molecule has 0 aromatic carbocycles. The Morgan fingerprint density at radius 2 is 2.00 bits per heavy atom. The molecule has 0 amide bonds. The van der Waals surface area contributed by atoms with E-state index in [2.05, 4.69) is 4.74 Å². The monoisotopic (exact) mass is 260 g/mol. The Balaban J connectivity index is 2.44. The van der Waals surface area contributed by atoms with Gasteiger partial charge in [0.05, 0.1) is 13.5 Å². The van der Waals surface area contributed by atoms with Crippen molar-refractivity contribution in [3.8, 4) is 0 Å². The van der Waals surface area contributed by atoms with Crippen molar-refractivity contribution in [1.82, 2.24) is 0 Å². The highest BCUT2D eigenvalue weighted by Gasteiger charge is 2.45. The molecule has 17 heavy (non-hydrogen) atoms. The quantitative estimate of drug-likeness (QED) is 0.711. The molecule has 1 aliphatic carbocycles.